The van der Waals surface area contributed by atoms with Gasteiger partial charge >= 0.3 is 0 Å². The number of ether oxygens (including phenoxy) is 1. The fourth-order valence-corrected chi connectivity index (χ4v) is 2.60. The van der Waals surface area contributed by atoms with Crippen LogP contribution >= 0.6 is 0 Å². The summed E-state index contributed by atoms with van der Waals surface area (Å²) in [5, 5.41) is 12.5. The maximum atomic E-state index is 5.38. The Morgan fingerprint density at radius 1 is 1.00 bits per heavy atom. The summed E-state index contributed by atoms with van der Waals surface area (Å²) in [5.41, 5.74) is 2.70. The molecule has 0 unspecified atom stereocenters. The van der Waals surface area contributed by atoms with E-state index < -0.39 is 0 Å². The van der Waals surface area contributed by atoms with E-state index in [1.165, 1.54) is 0 Å². The van der Waals surface area contributed by atoms with E-state index in [1.54, 1.807) is 7.11 Å². The first-order chi connectivity index (χ1) is 10.9. The van der Waals surface area contributed by atoms with Crippen LogP contribution in [0.15, 0.2) is 54.6 Å². The molecule has 2 heterocycles. The van der Waals surface area contributed by atoms with Gasteiger partial charge in [0.1, 0.15) is 5.52 Å². The van der Waals surface area contributed by atoms with E-state index in [2.05, 4.69) is 15.5 Å². The monoisotopic (exact) mass is 290 g/mol. The summed E-state index contributed by atoms with van der Waals surface area (Å²) >= 11 is 0. The number of nitrogens with zero attached hydrogens (tertiary/aromatic N) is 2. The summed E-state index contributed by atoms with van der Waals surface area (Å²) in [7, 11) is 1.62. The normalized spacial score (nSPS) is 11.0. The first-order valence-electron chi connectivity index (χ1n) is 6.99. The second-order valence-electron chi connectivity index (χ2n) is 4.95. The Bertz CT molecular complexity index is 947. The Kier molecular flexibility index (Phi) is 2.89. The number of pyridine rings is 1. The summed E-state index contributed by atoms with van der Waals surface area (Å²) in [5.74, 6) is 1.31. The van der Waals surface area contributed by atoms with Crippen molar-refractivity contribution in [3.05, 3.63) is 54.6 Å². The fourth-order valence-electron chi connectivity index (χ4n) is 2.60. The van der Waals surface area contributed by atoms with Gasteiger partial charge in [0.25, 0.3) is 0 Å². The predicted octanol–water partition coefficient (Wildman–Crippen LogP) is 3.86. The summed E-state index contributed by atoms with van der Waals surface area (Å²) in [6, 6.07) is 17.9. The highest BCUT2D eigenvalue weighted by Crippen LogP contribution is 2.34. The molecule has 2 aromatic carbocycles. The SMILES string of the molecule is COc1n[nH]c2c(Nc3ccccc3)nc3ccccc3c12. The second-order valence-corrected chi connectivity index (χ2v) is 4.95. The molecule has 108 valence electrons. The smallest absolute Gasteiger partial charge is 0.241 e. The number of benzene rings is 2. The van der Waals surface area contributed by atoms with Crippen LogP contribution in [-0.2, 0) is 0 Å². The van der Waals surface area contributed by atoms with Crippen molar-refractivity contribution >= 4 is 33.3 Å². The summed E-state index contributed by atoms with van der Waals surface area (Å²) in [6.07, 6.45) is 0. The van der Waals surface area contributed by atoms with Crippen LogP contribution in [0.5, 0.6) is 5.88 Å². The highest BCUT2D eigenvalue weighted by Gasteiger charge is 2.15. The van der Waals surface area contributed by atoms with Crippen LogP contribution in [0.25, 0.3) is 21.8 Å². The zero-order valence-electron chi connectivity index (χ0n) is 12.0. The minimum atomic E-state index is 0.574. The molecule has 0 bridgehead atoms. The van der Waals surface area contributed by atoms with Gasteiger partial charge in [-0.05, 0) is 18.2 Å². The zero-order chi connectivity index (χ0) is 14.9. The molecule has 22 heavy (non-hydrogen) atoms. The van der Waals surface area contributed by atoms with Gasteiger partial charge in [0.05, 0.1) is 18.0 Å². The molecule has 0 atom stereocenters. The van der Waals surface area contributed by atoms with Crippen molar-refractivity contribution < 1.29 is 4.74 Å². The molecule has 4 rings (SSSR count). The van der Waals surface area contributed by atoms with Crippen molar-refractivity contribution in [3.63, 3.8) is 0 Å². The van der Waals surface area contributed by atoms with Gasteiger partial charge in [0.15, 0.2) is 5.82 Å². The number of aromatic nitrogens is 3. The van der Waals surface area contributed by atoms with Crippen LogP contribution in [0.1, 0.15) is 0 Å². The van der Waals surface area contributed by atoms with Crippen molar-refractivity contribution in [3.8, 4) is 5.88 Å². The Morgan fingerprint density at radius 3 is 2.59 bits per heavy atom. The summed E-state index contributed by atoms with van der Waals surface area (Å²) in [4.78, 5) is 4.71. The molecular weight excluding hydrogens is 276 g/mol. The maximum absolute atomic E-state index is 5.38. The number of fused-ring (bicyclic) bond motifs is 3. The van der Waals surface area contributed by atoms with Crippen LogP contribution in [0.2, 0.25) is 0 Å². The quantitative estimate of drug-likeness (QED) is 0.601. The molecule has 0 aliphatic heterocycles. The van der Waals surface area contributed by atoms with Crippen molar-refractivity contribution in [2.45, 2.75) is 0 Å². The molecule has 0 aliphatic rings. The van der Waals surface area contributed by atoms with Gasteiger partial charge in [-0.15, -0.1) is 5.10 Å². The molecule has 0 aliphatic carbocycles. The number of hydrogen-bond acceptors (Lipinski definition) is 4. The predicted molar refractivity (Wildman–Crippen MR) is 87.7 cm³/mol. The lowest BCUT2D eigenvalue weighted by Gasteiger charge is -2.09. The average Bonchev–Trinajstić information content (AvgIpc) is 3.01. The van der Waals surface area contributed by atoms with E-state index in [4.69, 9.17) is 9.72 Å². The van der Waals surface area contributed by atoms with Gasteiger partial charge in [-0.2, -0.15) is 0 Å². The molecule has 0 spiro atoms. The van der Waals surface area contributed by atoms with Crippen molar-refractivity contribution in [1.29, 1.82) is 0 Å². The molecule has 0 saturated heterocycles. The van der Waals surface area contributed by atoms with Crippen molar-refractivity contribution in [2.75, 3.05) is 12.4 Å². The van der Waals surface area contributed by atoms with Gasteiger partial charge in [-0.25, -0.2) is 4.98 Å². The molecule has 2 N–H and O–H groups in total. The van der Waals surface area contributed by atoms with E-state index in [9.17, 15) is 0 Å². The largest absolute Gasteiger partial charge is 0.479 e. The Labute approximate surface area is 126 Å². The lowest BCUT2D eigenvalue weighted by Crippen LogP contribution is -1.95. The Morgan fingerprint density at radius 2 is 1.77 bits per heavy atom. The number of para-hydroxylation sites is 2. The number of methoxy groups -OCH3 is 1. The van der Waals surface area contributed by atoms with Crippen LogP contribution in [-0.4, -0.2) is 22.3 Å². The third-order valence-corrected chi connectivity index (χ3v) is 3.61. The molecule has 5 heteroatoms. The summed E-state index contributed by atoms with van der Waals surface area (Å²) < 4.78 is 5.38. The molecule has 2 aromatic heterocycles. The lowest BCUT2D eigenvalue weighted by atomic mass is 10.1. The molecule has 0 radical (unpaired) electrons. The number of aromatic amines is 1. The number of anilines is 2. The fraction of sp³-hybridized carbons (Fsp3) is 0.0588. The van der Waals surface area contributed by atoms with E-state index >= 15 is 0 Å². The molecule has 0 amide bonds. The van der Waals surface area contributed by atoms with E-state index in [1.807, 2.05) is 54.6 Å². The molecule has 0 saturated carbocycles. The van der Waals surface area contributed by atoms with E-state index in [-0.39, 0.29) is 0 Å². The number of rotatable bonds is 3. The number of nitrogens with one attached hydrogen (secondary N) is 2. The standard InChI is InChI=1S/C17H14N4O/c1-22-17-14-12-9-5-6-10-13(12)19-16(15(14)20-21-17)18-11-7-3-2-4-8-11/h2-10H,1H3,(H,18,19)(H,20,21). The topological polar surface area (TPSA) is 62.8 Å². The van der Waals surface area contributed by atoms with Gasteiger partial charge < -0.3 is 10.1 Å². The van der Waals surface area contributed by atoms with Gasteiger partial charge in [0, 0.05) is 11.1 Å². The van der Waals surface area contributed by atoms with E-state index in [0.29, 0.717) is 5.88 Å². The molecule has 5 nitrogen and oxygen atoms in total. The summed E-state index contributed by atoms with van der Waals surface area (Å²) in [6.45, 7) is 0. The number of H-pyrrole nitrogens is 1. The van der Waals surface area contributed by atoms with Gasteiger partial charge in [0.2, 0.25) is 5.88 Å². The van der Waals surface area contributed by atoms with Gasteiger partial charge in [-0.1, -0.05) is 36.4 Å². The van der Waals surface area contributed by atoms with Gasteiger partial charge in [-0.3, -0.25) is 5.10 Å². The highest BCUT2D eigenvalue weighted by atomic mass is 16.5. The second kappa shape index (κ2) is 5.04. The number of hydrogen-bond donors (Lipinski definition) is 2. The average molecular weight is 290 g/mol. The van der Waals surface area contributed by atoms with Crippen molar-refractivity contribution in [2.24, 2.45) is 0 Å². The van der Waals surface area contributed by atoms with E-state index in [0.717, 1.165) is 33.3 Å². The molecule has 4 aromatic rings. The third kappa shape index (κ3) is 1.95. The third-order valence-electron chi connectivity index (χ3n) is 3.61. The van der Waals surface area contributed by atoms with Crippen molar-refractivity contribution in [1.82, 2.24) is 15.2 Å². The van der Waals surface area contributed by atoms with Crippen LogP contribution < -0.4 is 10.1 Å². The van der Waals surface area contributed by atoms with Crippen LogP contribution in [0.3, 0.4) is 0 Å². The maximum Gasteiger partial charge on any atom is 0.241 e. The van der Waals surface area contributed by atoms with Crippen LogP contribution in [0, 0.1) is 0 Å². The van der Waals surface area contributed by atoms with Crippen LogP contribution in [0.4, 0.5) is 11.5 Å². The molecular formula is C17H14N4O. The molecule has 0 fully saturated rings. The first-order valence-corrected chi connectivity index (χ1v) is 6.99. The lowest BCUT2D eigenvalue weighted by molar-refractivity contribution is 0.401. The zero-order valence-corrected chi connectivity index (χ0v) is 12.0. The Balaban J connectivity index is 1.99. The highest BCUT2D eigenvalue weighted by molar-refractivity contribution is 6.11. The Hall–Kier alpha value is -3.08. The minimum absolute atomic E-state index is 0.574. The minimum Gasteiger partial charge on any atom is -0.479 e. The first kappa shape index (κ1) is 12.6.